The summed E-state index contributed by atoms with van der Waals surface area (Å²) in [5.74, 6) is 0.100. The third kappa shape index (κ3) is 4.32. The lowest BCUT2D eigenvalue weighted by Gasteiger charge is -2.23. The molecule has 1 aliphatic rings. The number of hydrogen-bond donors (Lipinski definition) is 2. The molecule has 3 rings (SSSR count). The van der Waals surface area contributed by atoms with E-state index < -0.39 is 0 Å². The van der Waals surface area contributed by atoms with Gasteiger partial charge < -0.3 is 5.43 Å². The van der Waals surface area contributed by atoms with Crippen LogP contribution in [0.15, 0.2) is 72.4 Å². The number of hydrogen-bond acceptors (Lipinski definition) is 3. The van der Waals surface area contributed by atoms with Crippen molar-refractivity contribution >= 4 is 11.7 Å². The average molecular weight is 320 g/mol. The fraction of sp³-hybridized carbons (Fsp3) is 0.200. The van der Waals surface area contributed by atoms with Gasteiger partial charge in [0.15, 0.2) is 5.78 Å². The molecule has 0 aromatic heterocycles. The third-order valence-corrected chi connectivity index (χ3v) is 4.09. The van der Waals surface area contributed by atoms with Crippen molar-refractivity contribution in [3.05, 3.63) is 83.6 Å². The Balaban J connectivity index is 1.56. The Hall–Kier alpha value is -2.88. The van der Waals surface area contributed by atoms with E-state index in [-0.39, 0.29) is 17.6 Å². The Morgan fingerprint density at radius 2 is 1.62 bits per heavy atom. The van der Waals surface area contributed by atoms with Gasteiger partial charge in [-0.3, -0.25) is 15.0 Å². The molecule has 1 amide bonds. The molecular formula is C20H20N2O2. The van der Waals surface area contributed by atoms with Gasteiger partial charge >= 0.3 is 0 Å². The second-order valence-electron chi connectivity index (χ2n) is 5.99. The van der Waals surface area contributed by atoms with Gasteiger partial charge in [0.2, 0.25) is 5.91 Å². The largest absolute Gasteiger partial charge is 0.303 e. The van der Waals surface area contributed by atoms with Crippen LogP contribution in [0.2, 0.25) is 0 Å². The fourth-order valence-corrected chi connectivity index (χ4v) is 2.92. The van der Waals surface area contributed by atoms with E-state index in [2.05, 4.69) is 10.9 Å². The average Bonchev–Trinajstić information content (AvgIpc) is 2.61. The number of hydrazine groups is 1. The molecule has 4 nitrogen and oxygen atoms in total. The van der Waals surface area contributed by atoms with Crippen LogP contribution in [0, 0.1) is 0 Å². The molecule has 4 heteroatoms. The molecule has 2 aromatic rings. The SMILES string of the molecule is O=C1C=C(NNC(=O)Cc2ccccc2)CC(c2ccccc2)C1. The van der Waals surface area contributed by atoms with Gasteiger partial charge in [0.05, 0.1) is 6.42 Å². The van der Waals surface area contributed by atoms with Crippen molar-refractivity contribution in [2.45, 2.75) is 25.2 Å². The first-order chi connectivity index (χ1) is 11.7. The summed E-state index contributed by atoms with van der Waals surface area (Å²) in [5, 5.41) is 0. The lowest BCUT2D eigenvalue weighted by atomic mass is 9.86. The summed E-state index contributed by atoms with van der Waals surface area (Å²) in [7, 11) is 0. The van der Waals surface area contributed by atoms with E-state index in [0.717, 1.165) is 16.8 Å². The lowest BCUT2D eigenvalue weighted by molar-refractivity contribution is -0.121. The smallest absolute Gasteiger partial charge is 0.242 e. The van der Waals surface area contributed by atoms with E-state index in [1.165, 1.54) is 0 Å². The molecule has 0 saturated carbocycles. The van der Waals surface area contributed by atoms with Gasteiger partial charge in [-0.15, -0.1) is 0 Å². The van der Waals surface area contributed by atoms with Crippen LogP contribution < -0.4 is 10.9 Å². The molecule has 0 spiro atoms. The van der Waals surface area contributed by atoms with Crippen LogP contribution in [0.5, 0.6) is 0 Å². The highest BCUT2D eigenvalue weighted by Crippen LogP contribution is 2.29. The summed E-state index contributed by atoms with van der Waals surface area (Å²) in [4.78, 5) is 24.0. The topological polar surface area (TPSA) is 58.2 Å². The van der Waals surface area contributed by atoms with Gasteiger partial charge in [0.1, 0.15) is 0 Å². The molecule has 0 bridgehead atoms. The predicted molar refractivity (Wildman–Crippen MR) is 92.9 cm³/mol. The number of rotatable bonds is 5. The van der Waals surface area contributed by atoms with Crippen molar-refractivity contribution in [1.82, 2.24) is 10.9 Å². The minimum absolute atomic E-state index is 0.0786. The minimum Gasteiger partial charge on any atom is -0.303 e. The van der Waals surface area contributed by atoms with E-state index in [0.29, 0.717) is 19.3 Å². The van der Waals surface area contributed by atoms with Gasteiger partial charge in [0, 0.05) is 18.2 Å². The number of ketones is 1. The Kier molecular flexibility index (Phi) is 5.06. The van der Waals surface area contributed by atoms with Gasteiger partial charge in [0.25, 0.3) is 0 Å². The first-order valence-electron chi connectivity index (χ1n) is 8.08. The predicted octanol–water partition coefficient (Wildman–Crippen LogP) is 2.88. The Bertz CT molecular complexity index is 739. The normalized spacial score (nSPS) is 17.1. The molecule has 1 atom stereocenters. The Morgan fingerprint density at radius 3 is 2.33 bits per heavy atom. The maximum atomic E-state index is 12.0. The first-order valence-corrected chi connectivity index (χ1v) is 8.08. The number of nitrogens with one attached hydrogen (secondary N) is 2. The molecule has 0 saturated heterocycles. The van der Waals surface area contributed by atoms with Crippen LogP contribution in [0.1, 0.15) is 29.9 Å². The number of carbonyl (C=O) groups excluding carboxylic acids is 2. The highest BCUT2D eigenvalue weighted by Gasteiger charge is 2.22. The molecule has 2 aromatic carbocycles. The van der Waals surface area contributed by atoms with E-state index >= 15 is 0 Å². The molecule has 24 heavy (non-hydrogen) atoms. The van der Waals surface area contributed by atoms with Crippen LogP contribution in [-0.4, -0.2) is 11.7 Å². The number of benzene rings is 2. The zero-order chi connectivity index (χ0) is 16.8. The minimum atomic E-state index is -0.128. The summed E-state index contributed by atoms with van der Waals surface area (Å²) in [5.41, 5.74) is 8.45. The second-order valence-corrected chi connectivity index (χ2v) is 5.99. The molecule has 1 unspecified atom stereocenters. The number of carbonyl (C=O) groups is 2. The zero-order valence-electron chi connectivity index (χ0n) is 13.4. The standard InChI is InChI=1S/C20H20N2O2/c23-19-13-17(16-9-5-2-6-10-16)12-18(14-19)21-22-20(24)11-15-7-3-1-4-8-15/h1-10,14,17,21H,11-13H2,(H,22,24). The number of amides is 1. The second kappa shape index (κ2) is 7.59. The Labute approximate surface area is 141 Å². The number of allylic oxidation sites excluding steroid dienone is 2. The van der Waals surface area contributed by atoms with E-state index in [9.17, 15) is 9.59 Å². The lowest BCUT2D eigenvalue weighted by Crippen LogP contribution is -2.39. The van der Waals surface area contributed by atoms with Crippen LogP contribution in [0.4, 0.5) is 0 Å². The summed E-state index contributed by atoms with van der Waals surface area (Å²) < 4.78 is 0. The van der Waals surface area contributed by atoms with Gasteiger partial charge in [-0.1, -0.05) is 60.7 Å². The first kappa shape index (κ1) is 16.0. The zero-order valence-corrected chi connectivity index (χ0v) is 13.4. The summed E-state index contributed by atoms with van der Waals surface area (Å²) >= 11 is 0. The summed E-state index contributed by atoms with van der Waals surface area (Å²) in [6, 6.07) is 19.5. The van der Waals surface area contributed by atoms with Crippen molar-refractivity contribution in [3.8, 4) is 0 Å². The quantitative estimate of drug-likeness (QED) is 0.833. The third-order valence-electron chi connectivity index (χ3n) is 4.09. The Morgan fingerprint density at radius 1 is 0.958 bits per heavy atom. The fourth-order valence-electron chi connectivity index (χ4n) is 2.92. The molecule has 0 radical (unpaired) electrons. The highest BCUT2D eigenvalue weighted by atomic mass is 16.2. The summed E-state index contributed by atoms with van der Waals surface area (Å²) in [6.45, 7) is 0. The monoisotopic (exact) mass is 320 g/mol. The molecule has 0 aliphatic heterocycles. The van der Waals surface area contributed by atoms with E-state index in [4.69, 9.17) is 0 Å². The highest BCUT2D eigenvalue weighted by molar-refractivity contribution is 5.92. The molecule has 1 aliphatic carbocycles. The molecule has 0 fully saturated rings. The van der Waals surface area contributed by atoms with Crippen molar-refractivity contribution in [3.63, 3.8) is 0 Å². The van der Waals surface area contributed by atoms with Crippen LogP contribution in [-0.2, 0) is 16.0 Å². The van der Waals surface area contributed by atoms with Crippen molar-refractivity contribution in [2.75, 3.05) is 0 Å². The van der Waals surface area contributed by atoms with Crippen molar-refractivity contribution in [1.29, 1.82) is 0 Å². The summed E-state index contributed by atoms with van der Waals surface area (Å²) in [6.07, 6.45) is 3.11. The van der Waals surface area contributed by atoms with Crippen LogP contribution in [0.3, 0.4) is 0 Å². The van der Waals surface area contributed by atoms with E-state index in [1.807, 2.05) is 60.7 Å². The van der Waals surface area contributed by atoms with Crippen molar-refractivity contribution < 1.29 is 9.59 Å². The van der Waals surface area contributed by atoms with Crippen LogP contribution >= 0.6 is 0 Å². The van der Waals surface area contributed by atoms with Gasteiger partial charge in [-0.2, -0.15) is 0 Å². The van der Waals surface area contributed by atoms with Crippen LogP contribution in [0.25, 0.3) is 0 Å². The molecule has 2 N–H and O–H groups in total. The maximum absolute atomic E-state index is 12.0. The van der Waals surface area contributed by atoms with Crippen molar-refractivity contribution in [2.24, 2.45) is 0 Å². The molecule has 122 valence electrons. The van der Waals surface area contributed by atoms with Gasteiger partial charge in [-0.25, -0.2) is 0 Å². The molecular weight excluding hydrogens is 300 g/mol. The molecule has 0 heterocycles. The van der Waals surface area contributed by atoms with Gasteiger partial charge in [-0.05, 0) is 23.5 Å². The maximum Gasteiger partial charge on any atom is 0.242 e. The van der Waals surface area contributed by atoms with E-state index in [1.54, 1.807) is 6.08 Å².